The molecule has 0 saturated heterocycles. The maximum absolute atomic E-state index is 11.8. The van der Waals surface area contributed by atoms with Crippen molar-refractivity contribution < 1.29 is 9.90 Å². The van der Waals surface area contributed by atoms with Crippen LogP contribution in [0.4, 0.5) is 0 Å². The number of aryl methyl sites for hydroxylation is 1. The van der Waals surface area contributed by atoms with E-state index in [1.165, 1.54) is 11.3 Å². The normalized spacial score (nSPS) is 24.6. The molecule has 0 spiro atoms. The van der Waals surface area contributed by atoms with Gasteiger partial charge in [0, 0.05) is 23.9 Å². The van der Waals surface area contributed by atoms with Crippen LogP contribution in [0.5, 0.6) is 0 Å². The minimum absolute atomic E-state index is 0.111. The largest absolute Gasteiger partial charge is 0.396 e. The van der Waals surface area contributed by atoms with Gasteiger partial charge in [0.1, 0.15) is 5.69 Å². The van der Waals surface area contributed by atoms with Crippen LogP contribution in [0.2, 0.25) is 0 Å². The first-order valence-electron chi connectivity index (χ1n) is 5.54. The van der Waals surface area contributed by atoms with Crippen molar-refractivity contribution in [2.75, 3.05) is 6.61 Å². The molecule has 0 aliphatic heterocycles. The zero-order valence-electron chi connectivity index (χ0n) is 9.27. The van der Waals surface area contributed by atoms with Crippen molar-refractivity contribution in [1.29, 1.82) is 0 Å². The molecule has 2 rings (SSSR count). The molecule has 1 aromatic rings. The first-order chi connectivity index (χ1) is 7.70. The van der Waals surface area contributed by atoms with Gasteiger partial charge in [0.25, 0.3) is 5.91 Å². The topological polar surface area (TPSA) is 62.2 Å². The molecule has 1 amide bonds. The summed E-state index contributed by atoms with van der Waals surface area (Å²) in [5.41, 5.74) is 0.492. The molecular formula is C11H16N2O2S. The average molecular weight is 240 g/mol. The maximum Gasteiger partial charge on any atom is 0.270 e. The minimum Gasteiger partial charge on any atom is -0.396 e. The van der Waals surface area contributed by atoms with E-state index in [0.717, 1.165) is 24.3 Å². The predicted octanol–water partition coefficient (Wildman–Crippen LogP) is 1.34. The van der Waals surface area contributed by atoms with Gasteiger partial charge in [0.2, 0.25) is 0 Å². The quantitative estimate of drug-likeness (QED) is 0.838. The average Bonchev–Trinajstić information content (AvgIpc) is 2.86. The molecule has 0 radical (unpaired) electrons. The summed E-state index contributed by atoms with van der Waals surface area (Å²) in [5.74, 6) is 0.0957. The number of hydrogen-bond donors (Lipinski definition) is 2. The molecule has 0 aromatic carbocycles. The summed E-state index contributed by atoms with van der Waals surface area (Å²) in [6, 6.07) is 0.111. The summed E-state index contributed by atoms with van der Waals surface area (Å²) in [6.07, 6.45) is 3.03. The van der Waals surface area contributed by atoms with E-state index in [1.54, 1.807) is 5.38 Å². The number of thiazole rings is 1. The second kappa shape index (κ2) is 4.93. The van der Waals surface area contributed by atoms with Crippen LogP contribution in [0.25, 0.3) is 0 Å². The highest BCUT2D eigenvalue weighted by atomic mass is 32.1. The monoisotopic (exact) mass is 240 g/mol. The SMILES string of the molecule is Cc1nc(C(=O)NC2CCCC2CO)cs1. The van der Waals surface area contributed by atoms with Gasteiger partial charge in [-0.3, -0.25) is 4.79 Å². The predicted molar refractivity (Wildman–Crippen MR) is 62.5 cm³/mol. The number of aliphatic hydroxyl groups is 1. The molecule has 1 saturated carbocycles. The van der Waals surface area contributed by atoms with E-state index in [-0.39, 0.29) is 24.5 Å². The molecule has 2 unspecified atom stereocenters. The van der Waals surface area contributed by atoms with Gasteiger partial charge in [0.05, 0.1) is 5.01 Å². The smallest absolute Gasteiger partial charge is 0.270 e. The highest BCUT2D eigenvalue weighted by molar-refractivity contribution is 7.09. The third kappa shape index (κ3) is 2.41. The van der Waals surface area contributed by atoms with Gasteiger partial charge in [-0.05, 0) is 19.8 Å². The number of rotatable bonds is 3. The molecule has 1 aromatic heterocycles. The van der Waals surface area contributed by atoms with Crippen LogP contribution in [-0.2, 0) is 0 Å². The van der Waals surface area contributed by atoms with Gasteiger partial charge < -0.3 is 10.4 Å². The highest BCUT2D eigenvalue weighted by Crippen LogP contribution is 2.25. The molecule has 88 valence electrons. The maximum atomic E-state index is 11.8. The van der Waals surface area contributed by atoms with Crippen LogP contribution in [0, 0.1) is 12.8 Å². The zero-order valence-corrected chi connectivity index (χ0v) is 10.1. The Kier molecular flexibility index (Phi) is 3.56. The number of aromatic nitrogens is 1. The minimum atomic E-state index is -0.116. The van der Waals surface area contributed by atoms with Gasteiger partial charge >= 0.3 is 0 Å². The first kappa shape index (κ1) is 11.5. The van der Waals surface area contributed by atoms with Gasteiger partial charge in [0.15, 0.2) is 0 Å². The van der Waals surface area contributed by atoms with E-state index >= 15 is 0 Å². The zero-order chi connectivity index (χ0) is 11.5. The molecule has 1 aliphatic rings. The van der Waals surface area contributed by atoms with Crippen LogP contribution in [0.15, 0.2) is 5.38 Å². The lowest BCUT2D eigenvalue weighted by molar-refractivity contribution is 0.0911. The fraction of sp³-hybridized carbons (Fsp3) is 0.636. The van der Waals surface area contributed by atoms with E-state index in [1.807, 2.05) is 6.92 Å². The van der Waals surface area contributed by atoms with Crippen molar-refractivity contribution in [3.63, 3.8) is 0 Å². The summed E-state index contributed by atoms with van der Waals surface area (Å²) in [4.78, 5) is 16.0. The molecule has 2 N–H and O–H groups in total. The number of carbonyl (C=O) groups is 1. The Morgan fingerprint density at radius 3 is 3.12 bits per heavy atom. The van der Waals surface area contributed by atoms with E-state index < -0.39 is 0 Å². The molecule has 1 heterocycles. The molecule has 5 heteroatoms. The fourth-order valence-corrected chi connectivity index (χ4v) is 2.75. The van der Waals surface area contributed by atoms with E-state index in [9.17, 15) is 4.79 Å². The van der Waals surface area contributed by atoms with E-state index in [2.05, 4.69) is 10.3 Å². The van der Waals surface area contributed by atoms with E-state index in [0.29, 0.717) is 5.69 Å². The summed E-state index contributed by atoms with van der Waals surface area (Å²) in [6.45, 7) is 2.04. The molecule has 1 fully saturated rings. The summed E-state index contributed by atoms with van der Waals surface area (Å²) in [5, 5.41) is 14.8. The number of nitrogens with one attached hydrogen (secondary N) is 1. The van der Waals surface area contributed by atoms with Crippen LogP contribution < -0.4 is 5.32 Å². The Hall–Kier alpha value is -0.940. The molecule has 1 aliphatic carbocycles. The van der Waals surface area contributed by atoms with Crippen molar-refractivity contribution in [3.05, 3.63) is 16.1 Å². The lowest BCUT2D eigenvalue weighted by Crippen LogP contribution is -2.38. The Morgan fingerprint density at radius 2 is 2.50 bits per heavy atom. The van der Waals surface area contributed by atoms with Crippen LogP contribution >= 0.6 is 11.3 Å². The second-order valence-electron chi connectivity index (χ2n) is 4.21. The highest BCUT2D eigenvalue weighted by Gasteiger charge is 2.28. The van der Waals surface area contributed by atoms with Gasteiger partial charge in [-0.2, -0.15) is 0 Å². The number of hydrogen-bond acceptors (Lipinski definition) is 4. The summed E-state index contributed by atoms with van der Waals surface area (Å²) in [7, 11) is 0. The number of aliphatic hydroxyl groups excluding tert-OH is 1. The standard InChI is InChI=1S/C11H16N2O2S/c1-7-12-10(6-16-7)11(15)13-9-4-2-3-8(9)5-14/h6,8-9,14H,2-5H2,1H3,(H,13,15). The van der Waals surface area contributed by atoms with Crippen molar-refractivity contribution >= 4 is 17.2 Å². The third-order valence-electron chi connectivity index (χ3n) is 3.06. The third-order valence-corrected chi connectivity index (χ3v) is 3.84. The van der Waals surface area contributed by atoms with E-state index in [4.69, 9.17) is 5.11 Å². The lowest BCUT2D eigenvalue weighted by atomic mass is 10.1. The lowest BCUT2D eigenvalue weighted by Gasteiger charge is -2.18. The molecule has 16 heavy (non-hydrogen) atoms. The number of amides is 1. The fourth-order valence-electron chi connectivity index (χ4n) is 2.16. The van der Waals surface area contributed by atoms with Crippen LogP contribution in [0.3, 0.4) is 0 Å². The van der Waals surface area contributed by atoms with Gasteiger partial charge in [-0.25, -0.2) is 4.98 Å². The Bertz CT molecular complexity index is 378. The van der Waals surface area contributed by atoms with Crippen molar-refractivity contribution in [1.82, 2.24) is 10.3 Å². The second-order valence-corrected chi connectivity index (χ2v) is 5.27. The van der Waals surface area contributed by atoms with Crippen LogP contribution in [0.1, 0.15) is 34.8 Å². The molecule has 2 atom stereocenters. The van der Waals surface area contributed by atoms with Crippen molar-refractivity contribution in [2.45, 2.75) is 32.2 Å². The van der Waals surface area contributed by atoms with Gasteiger partial charge in [-0.15, -0.1) is 11.3 Å². The van der Waals surface area contributed by atoms with Crippen molar-refractivity contribution in [3.8, 4) is 0 Å². The summed E-state index contributed by atoms with van der Waals surface area (Å²) >= 11 is 1.48. The Morgan fingerprint density at radius 1 is 1.69 bits per heavy atom. The Labute approximate surface area is 98.7 Å². The molecule has 4 nitrogen and oxygen atoms in total. The first-order valence-corrected chi connectivity index (χ1v) is 6.42. The molecule has 0 bridgehead atoms. The Balaban J connectivity index is 1.97. The molecular weight excluding hydrogens is 224 g/mol. The van der Waals surface area contributed by atoms with Crippen molar-refractivity contribution in [2.24, 2.45) is 5.92 Å². The van der Waals surface area contributed by atoms with Crippen LogP contribution in [-0.4, -0.2) is 28.6 Å². The summed E-state index contributed by atoms with van der Waals surface area (Å²) < 4.78 is 0. The number of nitrogens with zero attached hydrogens (tertiary/aromatic N) is 1. The van der Waals surface area contributed by atoms with Gasteiger partial charge in [-0.1, -0.05) is 6.42 Å². The number of carbonyl (C=O) groups excluding carboxylic acids is 1.